The van der Waals surface area contributed by atoms with Crippen molar-refractivity contribution in [2.45, 2.75) is 20.0 Å². The molecule has 0 saturated carbocycles. The number of benzene rings is 1. The molecule has 0 radical (unpaired) electrons. The van der Waals surface area contributed by atoms with E-state index in [0.29, 0.717) is 0 Å². The van der Waals surface area contributed by atoms with E-state index in [4.69, 9.17) is 0 Å². The van der Waals surface area contributed by atoms with Crippen LogP contribution in [0.2, 0.25) is 0 Å². The predicted molar refractivity (Wildman–Crippen MR) is 57.9 cm³/mol. The zero-order valence-electron chi connectivity index (χ0n) is 9.08. The molecule has 0 aliphatic carbocycles. The average molecular weight is 223 g/mol. The second-order valence-corrected chi connectivity index (χ2v) is 3.66. The molecular formula is C11H13NO4. The third-order valence-electron chi connectivity index (χ3n) is 2.57. The van der Waals surface area contributed by atoms with Crippen LogP contribution in [0.5, 0.6) is 0 Å². The molecule has 0 amide bonds. The van der Waals surface area contributed by atoms with Crippen molar-refractivity contribution in [3.8, 4) is 0 Å². The quantitative estimate of drug-likeness (QED) is 0.624. The summed E-state index contributed by atoms with van der Waals surface area (Å²) in [4.78, 5) is 21.3. The van der Waals surface area contributed by atoms with E-state index >= 15 is 0 Å². The van der Waals surface area contributed by atoms with Crippen LogP contribution in [0.15, 0.2) is 24.3 Å². The Kier molecular flexibility index (Phi) is 3.73. The monoisotopic (exact) mass is 223 g/mol. The van der Waals surface area contributed by atoms with E-state index in [1.54, 1.807) is 13.0 Å². The molecule has 0 aliphatic rings. The SMILES string of the molecule is CC(=O)[C@@H](C)[C@H](O)c1ccccc1[N+](=O)[O-]. The highest BCUT2D eigenvalue weighted by atomic mass is 16.6. The fraction of sp³-hybridized carbons (Fsp3) is 0.364. The Morgan fingerprint density at radius 3 is 2.50 bits per heavy atom. The van der Waals surface area contributed by atoms with Crippen molar-refractivity contribution in [3.05, 3.63) is 39.9 Å². The first-order valence-corrected chi connectivity index (χ1v) is 4.87. The third-order valence-corrected chi connectivity index (χ3v) is 2.57. The number of rotatable bonds is 4. The van der Waals surface area contributed by atoms with E-state index in [2.05, 4.69) is 0 Å². The molecule has 0 unspecified atom stereocenters. The Morgan fingerprint density at radius 2 is 2.00 bits per heavy atom. The maximum atomic E-state index is 11.1. The number of aliphatic hydroxyl groups is 1. The van der Waals surface area contributed by atoms with Crippen molar-refractivity contribution in [1.82, 2.24) is 0 Å². The number of hydrogen-bond donors (Lipinski definition) is 1. The van der Waals surface area contributed by atoms with Gasteiger partial charge in [0.25, 0.3) is 5.69 Å². The normalized spacial score (nSPS) is 14.2. The summed E-state index contributed by atoms with van der Waals surface area (Å²) in [5.74, 6) is -0.855. The second kappa shape index (κ2) is 4.85. The minimum atomic E-state index is -1.14. The summed E-state index contributed by atoms with van der Waals surface area (Å²) in [5, 5.41) is 20.6. The number of aliphatic hydroxyl groups excluding tert-OH is 1. The lowest BCUT2D eigenvalue weighted by Crippen LogP contribution is -2.17. The number of ketones is 1. The lowest BCUT2D eigenvalue weighted by Gasteiger charge is -2.16. The number of carbonyl (C=O) groups excluding carboxylic acids is 1. The largest absolute Gasteiger partial charge is 0.387 e. The number of nitro benzene ring substituents is 1. The van der Waals surface area contributed by atoms with Crippen molar-refractivity contribution in [1.29, 1.82) is 0 Å². The van der Waals surface area contributed by atoms with E-state index < -0.39 is 16.9 Å². The lowest BCUT2D eigenvalue weighted by atomic mass is 9.93. The molecule has 5 heteroatoms. The summed E-state index contributed by atoms with van der Waals surface area (Å²) in [6, 6.07) is 5.89. The van der Waals surface area contributed by atoms with Gasteiger partial charge in [-0.25, -0.2) is 0 Å². The standard InChI is InChI=1S/C11H13NO4/c1-7(8(2)13)11(14)9-5-3-4-6-10(9)12(15)16/h3-7,11,14H,1-2H3/t7-,11+/m1/s1. The van der Waals surface area contributed by atoms with Crippen molar-refractivity contribution in [3.63, 3.8) is 0 Å². The number of para-hydroxylation sites is 1. The molecule has 0 spiro atoms. The zero-order valence-corrected chi connectivity index (χ0v) is 9.08. The van der Waals surface area contributed by atoms with E-state index in [1.807, 2.05) is 0 Å². The van der Waals surface area contributed by atoms with Crippen LogP contribution in [-0.4, -0.2) is 15.8 Å². The number of carbonyl (C=O) groups is 1. The molecule has 16 heavy (non-hydrogen) atoms. The number of nitrogens with zero attached hydrogens (tertiary/aromatic N) is 1. The van der Waals surface area contributed by atoms with Crippen LogP contribution in [0.1, 0.15) is 25.5 Å². The van der Waals surface area contributed by atoms with E-state index in [-0.39, 0.29) is 17.0 Å². The van der Waals surface area contributed by atoms with E-state index in [1.165, 1.54) is 25.1 Å². The first kappa shape index (κ1) is 12.3. The van der Waals surface area contributed by atoms with Crippen LogP contribution in [0, 0.1) is 16.0 Å². The summed E-state index contributed by atoms with van der Waals surface area (Å²) in [6.07, 6.45) is -1.14. The van der Waals surface area contributed by atoms with Crippen molar-refractivity contribution >= 4 is 11.5 Å². The van der Waals surface area contributed by atoms with Crippen molar-refractivity contribution < 1.29 is 14.8 Å². The smallest absolute Gasteiger partial charge is 0.275 e. The molecule has 1 rings (SSSR count). The Bertz CT molecular complexity index is 416. The molecule has 0 heterocycles. The summed E-state index contributed by atoms with van der Waals surface area (Å²) >= 11 is 0. The average Bonchev–Trinajstić information content (AvgIpc) is 2.26. The minimum absolute atomic E-state index is 0.164. The molecule has 0 aromatic heterocycles. The maximum absolute atomic E-state index is 11.1. The van der Waals surface area contributed by atoms with Gasteiger partial charge in [0.2, 0.25) is 0 Å². The van der Waals surface area contributed by atoms with Crippen LogP contribution in [0.25, 0.3) is 0 Å². The van der Waals surface area contributed by atoms with E-state index in [9.17, 15) is 20.0 Å². The van der Waals surface area contributed by atoms with Gasteiger partial charge in [-0.05, 0) is 13.0 Å². The summed E-state index contributed by atoms with van der Waals surface area (Å²) in [5.41, 5.74) is 0.0123. The van der Waals surface area contributed by atoms with E-state index in [0.717, 1.165) is 0 Å². The highest BCUT2D eigenvalue weighted by Crippen LogP contribution is 2.29. The van der Waals surface area contributed by atoms with Crippen molar-refractivity contribution in [2.24, 2.45) is 5.92 Å². The molecule has 1 aromatic rings. The highest BCUT2D eigenvalue weighted by Gasteiger charge is 2.26. The van der Waals surface area contributed by atoms with Crippen LogP contribution >= 0.6 is 0 Å². The maximum Gasteiger partial charge on any atom is 0.275 e. The molecular weight excluding hydrogens is 210 g/mol. The number of nitro groups is 1. The molecule has 86 valence electrons. The first-order chi connectivity index (χ1) is 7.45. The van der Waals surface area contributed by atoms with Gasteiger partial charge < -0.3 is 5.11 Å². The van der Waals surface area contributed by atoms with Crippen LogP contribution in [0.4, 0.5) is 5.69 Å². The Hall–Kier alpha value is -1.75. The van der Waals surface area contributed by atoms with Crippen LogP contribution in [-0.2, 0) is 4.79 Å². The van der Waals surface area contributed by atoms with Crippen molar-refractivity contribution in [2.75, 3.05) is 0 Å². The van der Waals surface area contributed by atoms with Gasteiger partial charge in [-0.1, -0.05) is 19.1 Å². The molecule has 2 atom stereocenters. The molecule has 0 fully saturated rings. The molecule has 0 bridgehead atoms. The Labute approximate surface area is 92.9 Å². The van der Waals surface area contributed by atoms with Gasteiger partial charge in [0.15, 0.2) is 0 Å². The second-order valence-electron chi connectivity index (χ2n) is 3.66. The molecule has 1 N–H and O–H groups in total. The van der Waals surface area contributed by atoms with Gasteiger partial charge in [0.1, 0.15) is 5.78 Å². The zero-order chi connectivity index (χ0) is 12.3. The van der Waals surface area contributed by atoms with Gasteiger partial charge in [-0.15, -0.1) is 0 Å². The summed E-state index contributed by atoms with van der Waals surface area (Å²) in [7, 11) is 0. The van der Waals surface area contributed by atoms with Gasteiger partial charge in [0.05, 0.1) is 16.6 Å². The third kappa shape index (κ3) is 2.43. The first-order valence-electron chi connectivity index (χ1n) is 4.87. The molecule has 0 aliphatic heterocycles. The van der Waals surface area contributed by atoms with Gasteiger partial charge in [-0.2, -0.15) is 0 Å². The summed E-state index contributed by atoms with van der Waals surface area (Å²) in [6.45, 7) is 2.90. The van der Waals surface area contributed by atoms with Crippen LogP contribution < -0.4 is 0 Å². The predicted octanol–water partition coefficient (Wildman–Crippen LogP) is 1.85. The Morgan fingerprint density at radius 1 is 1.44 bits per heavy atom. The highest BCUT2D eigenvalue weighted by molar-refractivity contribution is 5.78. The lowest BCUT2D eigenvalue weighted by molar-refractivity contribution is -0.386. The summed E-state index contributed by atoms with van der Waals surface area (Å²) < 4.78 is 0. The molecule has 5 nitrogen and oxygen atoms in total. The topological polar surface area (TPSA) is 80.4 Å². The fourth-order valence-electron chi connectivity index (χ4n) is 1.40. The van der Waals surface area contributed by atoms with Gasteiger partial charge in [-0.3, -0.25) is 14.9 Å². The number of Topliss-reactive ketones (excluding diaryl/α,β-unsaturated/α-hetero) is 1. The van der Waals surface area contributed by atoms with Gasteiger partial charge in [0, 0.05) is 12.0 Å². The van der Waals surface area contributed by atoms with Gasteiger partial charge >= 0.3 is 0 Å². The minimum Gasteiger partial charge on any atom is -0.387 e. The molecule has 0 saturated heterocycles. The fourth-order valence-corrected chi connectivity index (χ4v) is 1.40. The Balaban J connectivity index is 3.12. The molecule has 1 aromatic carbocycles. The number of hydrogen-bond acceptors (Lipinski definition) is 4. The van der Waals surface area contributed by atoms with Crippen LogP contribution in [0.3, 0.4) is 0 Å².